The molecule has 5 nitrogen and oxygen atoms in total. The fraction of sp³-hybridized carbons (Fsp3) is 1.00. The Morgan fingerprint density at radius 3 is 2.53 bits per heavy atom. The number of hydrogen-bond donors (Lipinski definition) is 2. The molecule has 0 bridgehead atoms. The van der Waals surface area contributed by atoms with Crippen LogP contribution >= 0.6 is 0 Å². The molecular weight excluding hydrogens is 266 g/mol. The Morgan fingerprint density at radius 2 is 1.95 bits per heavy atom. The van der Waals surface area contributed by atoms with Gasteiger partial charge in [0, 0.05) is 13.1 Å². The van der Waals surface area contributed by atoms with Gasteiger partial charge in [-0.2, -0.15) is 0 Å². The molecule has 1 aliphatic heterocycles. The Bertz CT molecular complexity index is 403. The van der Waals surface area contributed by atoms with Crippen LogP contribution in [0, 0.1) is 5.92 Å². The maximum absolute atomic E-state index is 11.6. The third-order valence-corrected chi connectivity index (χ3v) is 5.87. The maximum Gasteiger partial charge on any atom is 0.211 e. The van der Waals surface area contributed by atoms with Crippen LogP contribution < -0.4 is 0 Å². The fourth-order valence-corrected chi connectivity index (χ4v) is 4.32. The molecule has 2 N–H and O–H groups in total. The Balaban J connectivity index is 1.92. The predicted octanol–water partition coefficient (Wildman–Crippen LogP) is 0.714. The summed E-state index contributed by atoms with van der Waals surface area (Å²) in [4.78, 5) is 0. The Kier molecular flexibility index (Phi) is 4.55. The minimum atomic E-state index is -3.14. The van der Waals surface area contributed by atoms with E-state index in [1.165, 1.54) is 10.6 Å². The Labute approximate surface area is 115 Å². The molecule has 1 saturated heterocycles. The second-order valence-electron chi connectivity index (χ2n) is 6.19. The van der Waals surface area contributed by atoms with Crippen LogP contribution in [0.5, 0.6) is 0 Å². The standard InChI is InChI=1S/C13H25NO4S/c1-19(17,18)14-8-4-5-11(10-14)9-12(15)13(16)6-2-3-7-13/h11-12,15-16H,2-10H2,1H3. The van der Waals surface area contributed by atoms with E-state index in [-0.39, 0.29) is 5.92 Å². The maximum atomic E-state index is 11.6. The van der Waals surface area contributed by atoms with Crippen molar-refractivity contribution in [1.82, 2.24) is 4.31 Å². The number of piperidine rings is 1. The molecule has 112 valence electrons. The fourth-order valence-electron chi connectivity index (χ4n) is 3.38. The summed E-state index contributed by atoms with van der Waals surface area (Å²) in [6.45, 7) is 1.06. The molecule has 2 rings (SSSR count). The molecule has 1 saturated carbocycles. The molecule has 0 aromatic rings. The van der Waals surface area contributed by atoms with Crippen LogP contribution in [-0.4, -0.2) is 54.0 Å². The molecule has 0 radical (unpaired) electrons. The first-order chi connectivity index (χ1) is 8.81. The van der Waals surface area contributed by atoms with E-state index < -0.39 is 21.7 Å². The van der Waals surface area contributed by atoms with Gasteiger partial charge in [0.1, 0.15) is 0 Å². The average molecular weight is 291 g/mol. The van der Waals surface area contributed by atoms with Crippen LogP contribution in [0.25, 0.3) is 0 Å². The Morgan fingerprint density at radius 1 is 1.32 bits per heavy atom. The van der Waals surface area contributed by atoms with Crippen LogP contribution in [0.1, 0.15) is 44.9 Å². The number of hydrogen-bond acceptors (Lipinski definition) is 4. The summed E-state index contributed by atoms with van der Waals surface area (Å²) in [5, 5.41) is 20.6. The van der Waals surface area contributed by atoms with Gasteiger partial charge < -0.3 is 10.2 Å². The molecule has 2 aliphatic rings. The van der Waals surface area contributed by atoms with E-state index in [9.17, 15) is 18.6 Å². The lowest BCUT2D eigenvalue weighted by Crippen LogP contribution is -2.44. The molecule has 2 atom stereocenters. The highest BCUT2D eigenvalue weighted by Crippen LogP contribution is 2.36. The molecule has 0 aromatic carbocycles. The zero-order valence-electron chi connectivity index (χ0n) is 11.6. The second kappa shape index (κ2) is 5.68. The highest BCUT2D eigenvalue weighted by Gasteiger charge is 2.40. The zero-order valence-corrected chi connectivity index (χ0v) is 12.4. The monoisotopic (exact) mass is 291 g/mol. The number of nitrogens with zero attached hydrogens (tertiary/aromatic N) is 1. The third-order valence-electron chi connectivity index (χ3n) is 4.60. The molecule has 0 spiro atoms. The quantitative estimate of drug-likeness (QED) is 0.800. The van der Waals surface area contributed by atoms with Crippen LogP contribution in [0.2, 0.25) is 0 Å². The lowest BCUT2D eigenvalue weighted by Gasteiger charge is -2.35. The van der Waals surface area contributed by atoms with E-state index >= 15 is 0 Å². The van der Waals surface area contributed by atoms with E-state index in [4.69, 9.17) is 0 Å². The normalized spacial score (nSPS) is 30.4. The topological polar surface area (TPSA) is 77.8 Å². The first kappa shape index (κ1) is 15.2. The summed E-state index contributed by atoms with van der Waals surface area (Å²) in [5.41, 5.74) is -0.937. The van der Waals surface area contributed by atoms with E-state index in [1.54, 1.807) is 0 Å². The van der Waals surface area contributed by atoms with Crippen LogP contribution in [0.4, 0.5) is 0 Å². The summed E-state index contributed by atoms with van der Waals surface area (Å²) >= 11 is 0. The first-order valence-electron chi connectivity index (χ1n) is 7.17. The van der Waals surface area contributed by atoms with Gasteiger partial charge >= 0.3 is 0 Å². The van der Waals surface area contributed by atoms with E-state index in [2.05, 4.69) is 0 Å². The number of rotatable bonds is 4. The van der Waals surface area contributed by atoms with Gasteiger partial charge in [-0.1, -0.05) is 12.8 Å². The van der Waals surface area contributed by atoms with Gasteiger partial charge in [-0.3, -0.25) is 0 Å². The van der Waals surface area contributed by atoms with Gasteiger partial charge in [-0.25, -0.2) is 12.7 Å². The zero-order chi connectivity index (χ0) is 14.1. The number of aliphatic hydroxyl groups is 2. The highest BCUT2D eigenvalue weighted by atomic mass is 32.2. The minimum absolute atomic E-state index is 0.156. The largest absolute Gasteiger partial charge is 0.390 e. The first-order valence-corrected chi connectivity index (χ1v) is 9.02. The van der Waals surface area contributed by atoms with E-state index in [0.29, 0.717) is 32.4 Å². The molecule has 1 aliphatic carbocycles. The molecule has 2 unspecified atom stereocenters. The predicted molar refractivity (Wildman–Crippen MR) is 73.2 cm³/mol. The summed E-state index contributed by atoms with van der Waals surface area (Å²) in [7, 11) is -3.14. The highest BCUT2D eigenvalue weighted by molar-refractivity contribution is 7.88. The van der Waals surface area contributed by atoms with Crippen LogP contribution in [-0.2, 0) is 10.0 Å². The van der Waals surface area contributed by atoms with Crippen molar-refractivity contribution in [2.45, 2.75) is 56.7 Å². The second-order valence-corrected chi connectivity index (χ2v) is 8.17. The van der Waals surface area contributed by atoms with Crippen molar-refractivity contribution < 1.29 is 18.6 Å². The van der Waals surface area contributed by atoms with Gasteiger partial charge in [-0.05, 0) is 38.0 Å². The molecule has 19 heavy (non-hydrogen) atoms. The average Bonchev–Trinajstić information content (AvgIpc) is 2.77. The van der Waals surface area contributed by atoms with Crippen molar-refractivity contribution >= 4 is 10.0 Å². The third kappa shape index (κ3) is 3.68. The van der Waals surface area contributed by atoms with Gasteiger partial charge in [0.2, 0.25) is 10.0 Å². The van der Waals surface area contributed by atoms with Crippen LogP contribution in [0.3, 0.4) is 0 Å². The smallest absolute Gasteiger partial charge is 0.211 e. The van der Waals surface area contributed by atoms with Crippen molar-refractivity contribution in [3.05, 3.63) is 0 Å². The van der Waals surface area contributed by atoms with Gasteiger partial charge in [-0.15, -0.1) is 0 Å². The van der Waals surface area contributed by atoms with Crippen molar-refractivity contribution in [3.63, 3.8) is 0 Å². The lowest BCUT2D eigenvalue weighted by atomic mass is 9.85. The molecule has 1 heterocycles. The van der Waals surface area contributed by atoms with Gasteiger partial charge in [0.25, 0.3) is 0 Å². The van der Waals surface area contributed by atoms with Crippen molar-refractivity contribution in [3.8, 4) is 0 Å². The number of aliphatic hydroxyl groups excluding tert-OH is 1. The molecule has 6 heteroatoms. The molecule has 0 aromatic heterocycles. The minimum Gasteiger partial charge on any atom is -0.390 e. The summed E-state index contributed by atoms with van der Waals surface area (Å²) in [5.74, 6) is 0.156. The van der Waals surface area contributed by atoms with Gasteiger partial charge in [0.05, 0.1) is 18.0 Å². The molecule has 0 amide bonds. The van der Waals surface area contributed by atoms with E-state index in [0.717, 1.165) is 25.7 Å². The SMILES string of the molecule is CS(=O)(=O)N1CCCC(CC(O)C2(O)CCCC2)C1. The summed E-state index contributed by atoms with van der Waals surface area (Å²) in [6, 6.07) is 0. The lowest BCUT2D eigenvalue weighted by molar-refractivity contribution is -0.0810. The number of sulfonamides is 1. The summed E-state index contributed by atoms with van der Waals surface area (Å²) < 4.78 is 24.6. The summed E-state index contributed by atoms with van der Waals surface area (Å²) in [6.07, 6.45) is 6.04. The van der Waals surface area contributed by atoms with Gasteiger partial charge in [0.15, 0.2) is 0 Å². The Hall–Kier alpha value is -0.170. The van der Waals surface area contributed by atoms with Crippen LogP contribution in [0.15, 0.2) is 0 Å². The van der Waals surface area contributed by atoms with Crippen molar-refractivity contribution in [2.75, 3.05) is 19.3 Å². The molecular formula is C13H25NO4S. The van der Waals surface area contributed by atoms with Crippen molar-refractivity contribution in [1.29, 1.82) is 0 Å². The van der Waals surface area contributed by atoms with Crippen molar-refractivity contribution in [2.24, 2.45) is 5.92 Å². The molecule has 2 fully saturated rings. The van der Waals surface area contributed by atoms with E-state index in [1.807, 2.05) is 0 Å².